The zero-order chi connectivity index (χ0) is 20.6. The molecule has 8 heteroatoms. The molecule has 0 saturated carbocycles. The van der Waals surface area contributed by atoms with E-state index in [1.54, 1.807) is 25.3 Å². The Kier molecular flexibility index (Phi) is 6.89. The molecule has 154 valence electrons. The quantitative estimate of drug-likeness (QED) is 0.418. The molecule has 0 radical (unpaired) electrons. The molecule has 1 heterocycles. The smallest absolute Gasteiger partial charge is 0.292 e. The van der Waals surface area contributed by atoms with Crippen molar-refractivity contribution in [2.75, 3.05) is 50.1 Å². The van der Waals surface area contributed by atoms with Crippen LogP contribution in [0, 0.1) is 10.1 Å². The van der Waals surface area contributed by atoms with E-state index in [1.807, 2.05) is 29.2 Å². The molecule has 2 aromatic carbocycles. The highest BCUT2D eigenvalue weighted by Gasteiger charge is 2.21. The summed E-state index contributed by atoms with van der Waals surface area (Å²) in [7, 11) is 1.65. The highest BCUT2D eigenvalue weighted by Crippen LogP contribution is 2.23. The largest absolute Gasteiger partial charge is 0.497 e. The van der Waals surface area contributed by atoms with Crippen LogP contribution in [0.4, 0.5) is 17.1 Å². The Labute approximate surface area is 170 Å². The van der Waals surface area contributed by atoms with E-state index < -0.39 is 4.92 Å². The maximum absolute atomic E-state index is 12.5. The first kappa shape index (κ1) is 20.4. The third kappa shape index (κ3) is 5.37. The van der Waals surface area contributed by atoms with E-state index in [0.29, 0.717) is 38.2 Å². The molecular weight excluding hydrogens is 372 g/mol. The molecule has 0 spiro atoms. The van der Waals surface area contributed by atoms with Crippen LogP contribution in [0.3, 0.4) is 0 Å². The summed E-state index contributed by atoms with van der Waals surface area (Å²) in [5, 5.41) is 14.1. The second kappa shape index (κ2) is 9.77. The van der Waals surface area contributed by atoms with E-state index in [-0.39, 0.29) is 11.6 Å². The van der Waals surface area contributed by atoms with Crippen LogP contribution in [0.5, 0.6) is 5.75 Å². The maximum atomic E-state index is 12.5. The molecule has 2 aromatic rings. The molecule has 0 bridgehead atoms. The molecule has 1 aliphatic rings. The summed E-state index contributed by atoms with van der Waals surface area (Å²) >= 11 is 0. The minimum atomic E-state index is -0.407. The average molecular weight is 398 g/mol. The van der Waals surface area contributed by atoms with Crippen molar-refractivity contribution in [2.45, 2.75) is 12.8 Å². The van der Waals surface area contributed by atoms with Crippen LogP contribution in [0.1, 0.15) is 12.8 Å². The number of methoxy groups -OCH3 is 1. The zero-order valence-electron chi connectivity index (χ0n) is 16.5. The number of hydrogen-bond donors (Lipinski definition) is 1. The Morgan fingerprint density at radius 2 is 1.79 bits per heavy atom. The van der Waals surface area contributed by atoms with E-state index >= 15 is 0 Å². The highest BCUT2D eigenvalue weighted by atomic mass is 16.6. The summed E-state index contributed by atoms with van der Waals surface area (Å²) in [6.45, 7) is 3.51. The summed E-state index contributed by atoms with van der Waals surface area (Å²) in [6, 6.07) is 14.5. The van der Waals surface area contributed by atoms with E-state index in [4.69, 9.17) is 4.74 Å². The second-order valence-electron chi connectivity index (χ2n) is 6.87. The summed E-state index contributed by atoms with van der Waals surface area (Å²) in [6.07, 6.45) is 1.06. The number of nitrogens with one attached hydrogen (secondary N) is 1. The van der Waals surface area contributed by atoms with Gasteiger partial charge in [0.25, 0.3) is 5.69 Å². The molecule has 1 fully saturated rings. The van der Waals surface area contributed by atoms with E-state index in [1.165, 1.54) is 6.07 Å². The van der Waals surface area contributed by atoms with Crippen LogP contribution in [0.25, 0.3) is 0 Å². The fraction of sp³-hybridized carbons (Fsp3) is 0.381. The number of para-hydroxylation sites is 2. The van der Waals surface area contributed by atoms with Gasteiger partial charge in [0.05, 0.1) is 12.0 Å². The number of rotatable bonds is 8. The number of carbonyl (C=O) groups is 1. The Morgan fingerprint density at radius 1 is 1.10 bits per heavy atom. The molecule has 0 unspecified atom stereocenters. The zero-order valence-corrected chi connectivity index (χ0v) is 16.5. The number of hydrogen-bond acceptors (Lipinski definition) is 6. The Hall–Kier alpha value is -3.29. The summed E-state index contributed by atoms with van der Waals surface area (Å²) in [4.78, 5) is 27.2. The van der Waals surface area contributed by atoms with Gasteiger partial charge in [-0.2, -0.15) is 0 Å². The fourth-order valence-electron chi connectivity index (χ4n) is 3.41. The van der Waals surface area contributed by atoms with Gasteiger partial charge in [-0.1, -0.05) is 12.1 Å². The summed E-state index contributed by atoms with van der Waals surface area (Å²) in [5.41, 5.74) is 1.66. The van der Waals surface area contributed by atoms with Gasteiger partial charge in [0.15, 0.2) is 0 Å². The number of nitro groups is 1. The minimum absolute atomic E-state index is 0.0495. The Morgan fingerprint density at radius 3 is 2.45 bits per heavy atom. The fourth-order valence-corrected chi connectivity index (χ4v) is 3.41. The average Bonchev–Trinajstić information content (AvgIpc) is 2.77. The van der Waals surface area contributed by atoms with Gasteiger partial charge in [0.2, 0.25) is 5.91 Å². The number of benzene rings is 2. The van der Waals surface area contributed by atoms with Crippen molar-refractivity contribution in [1.29, 1.82) is 0 Å². The predicted molar refractivity (Wildman–Crippen MR) is 113 cm³/mol. The third-order valence-electron chi connectivity index (χ3n) is 5.05. The maximum Gasteiger partial charge on any atom is 0.292 e. The van der Waals surface area contributed by atoms with E-state index in [0.717, 1.165) is 24.5 Å². The van der Waals surface area contributed by atoms with Crippen LogP contribution in [0.2, 0.25) is 0 Å². The first-order valence-electron chi connectivity index (χ1n) is 9.72. The lowest BCUT2D eigenvalue weighted by molar-refractivity contribution is -0.384. The lowest BCUT2D eigenvalue weighted by atomic mass is 10.2. The van der Waals surface area contributed by atoms with Crippen molar-refractivity contribution in [2.24, 2.45) is 0 Å². The van der Waals surface area contributed by atoms with Crippen LogP contribution in [0.15, 0.2) is 48.5 Å². The van der Waals surface area contributed by atoms with Crippen LogP contribution in [-0.2, 0) is 4.79 Å². The molecule has 0 atom stereocenters. The molecule has 1 amide bonds. The number of ether oxygens (including phenoxy) is 1. The molecule has 1 saturated heterocycles. The number of carbonyl (C=O) groups excluding carboxylic acids is 1. The van der Waals surface area contributed by atoms with Crippen LogP contribution < -0.4 is 15.0 Å². The van der Waals surface area contributed by atoms with Crippen LogP contribution in [-0.4, -0.2) is 55.6 Å². The number of nitro benzene ring substituents is 1. The van der Waals surface area contributed by atoms with E-state index in [2.05, 4.69) is 10.2 Å². The van der Waals surface area contributed by atoms with Gasteiger partial charge in [-0.3, -0.25) is 14.9 Å². The van der Waals surface area contributed by atoms with Gasteiger partial charge in [0, 0.05) is 50.9 Å². The van der Waals surface area contributed by atoms with Gasteiger partial charge >= 0.3 is 0 Å². The topological polar surface area (TPSA) is 88.0 Å². The number of piperazine rings is 1. The molecule has 0 aromatic heterocycles. The van der Waals surface area contributed by atoms with E-state index in [9.17, 15) is 14.9 Å². The Balaban J connectivity index is 1.40. The minimum Gasteiger partial charge on any atom is -0.497 e. The standard InChI is InChI=1S/C21H26N4O4/c1-29-18-10-8-17(9-11-18)23-13-15-24(16-14-23)21(26)7-4-12-22-19-5-2-3-6-20(19)25(27)28/h2-3,5-6,8-11,22H,4,7,12-16H2,1H3. The van der Waals surface area contributed by atoms with Crippen molar-refractivity contribution in [1.82, 2.24) is 4.90 Å². The van der Waals surface area contributed by atoms with Crippen molar-refractivity contribution in [3.8, 4) is 5.75 Å². The van der Waals surface area contributed by atoms with Gasteiger partial charge in [-0.15, -0.1) is 0 Å². The number of amides is 1. The summed E-state index contributed by atoms with van der Waals surface area (Å²) < 4.78 is 5.19. The lowest BCUT2D eigenvalue weighted by Gasteiger charge is -2.36. The van der Waals surface area contributed by atoms with Crippen molar-refractivity contribution in [3.05, 3.63) is 58.6 Å². The first-order valence-corrected chi connectivity index (χ1v) is 9.72. The normalized spacial score (nSPS) is 13.8. The molecule has 8 nitrogen and oxygen atoms in total. The highest BCUT2D eigenvalue weighted by molar-refractivity contribution is 5.76. The SMILES string of the molecule is COc1ccc(N2CCN(C(=O)CCCNc3ccccc3[N+](=O)[O-])CC2)cc1. The van der Waals surface area contributed by atoms with Crippen molar-refractivity contribution in [3.63, 3.8) is 0 Å². The van der Waals surface area contributed by atoms with Crippen molar-refractivity contribution < 1.29 is 14.5 Å². The van der Waals surface area contributed by atoms with Gasteiger partial charge in [0.1, 0.15) is 11.4 Å². The Bertz CT molecular complexity index is 833. The molecular formula is C21H26N4O4. The molecule has 1 aliphatic heterocycles. The number of nitrogens with zero attached hydrogens (tertiary/aromatic N) is 3. The predicted octanol–water partition coefficient (Wildman–Crippen LogP) is 3.14. The monoisotopic (exact) mass is 398 g/mol. The molecule has 3 rings (SSSR count). The molecule has 0 aliphatic carbocycles. The van der Waals surface area contributed by atoms with Gasteiger partial charge < -0.3 is 19.9 Å². The van der Waals surface area contributed by atoms with Crippen molar-refractivity contribution >= 4 is 23.0 Å². The number of anilines is 2. The van der Waals surface area contributed by atoms with Gasteiger partial charge in [-0.25, -0.2) is 0 Å². The third-order valence-corrected chi connectivity index (χ3v) is 5.05. The lowest BCUT2D eigenvalue weighted by Crippen LogP contribution is -2.48. The summed E-state index contributed by atoms with van der Waals surface area (Å²) in [5.74, 6) is 0.959. The van der Waals surface area contributed by atoms with Gasteiger partial charge in [-0.05, 0) is 36.8 Å². The first-order chi connectivity index (χ1) is 14.1. The van der Waals surface area contributed by atoms with Crippen LogP contribution >= 0.6 is 0 Å². The second-order valence-corrected chi connectivity index (χ2v) is 6.87. The molecule has 1 N–H and O–H groups in total. The molecule has 29 heavy (non-hydrogen) atoms.